The molecule has 0 spiro atoms. The summed E-state index contributed by atoms with van der Waals surface area (Å²) < 4.78 is 5.69. The molecule has 0 atom stereocenters. The molecule has 5 heteroatoms. The molecule has 0 fully saturated rings. The van der Waals surface area contributed by atoms with E-state index in [4.69, 9.17) is 4.42 Å². The fourth-order valence-electron chi connectivity index (χ4n) is 1.73. The summed E-state index contributed by atoms with van der Waals surface area (Å²) in [7, 11) is 1.87. The van der Waals surface area contributed by atoms with Gasteiger partial charge < -0.3 is 14.6 Å². The molecule has 1 heterocycles. The number of rotatable bonds is 9. The topological polar surface area (TPSA) is 54.2 Å². The quantitative estimate of drug-likeness (QED) is 0.746. The van der Waals surface area contributed by atoms with Gasteiger partial charge in [-0.3, -0.25) is 0 Å². The van der Waals surface area contributed by atoms with Gasteiger partial charge in [-0.2, -0.15) is 0 Å². The van der Waals surface area contributed by atoms with Crippen LogP contribution in [0.1, 0.15) is 46.4 Å². The Morgan fingerprint density at radius 2 is 1.63 bits per heavy atom. The molecule has 1 N–H and O–H groups in total. The highest BCUT2D eigenvalue weighted by atomic mass is 16.4. The molecule has 0 bridgehead atoms. The number of anilines is 1. The van der Waals surface area contributed by atoms with Gasteiger partial charge in [-0.15, -0.1) is 5.10 Å². The van der Waals surface area contributed by atoms with E-state index in [0.29, 0.717) is 30.3 Å². The van der Waals surface area contributed by atoms with Crippen LogP contribution in [0, 0.1) is 11.8 Å². The van der Waals surface area contributed by atoms with Crippen molar-refractivity contribution in [1.29, 1.82) is 0 Å². The highest BCUT2D eigenvalue weighted by Crippen LogP contribution is 2.16. The summed E-state index contributed by atoms with van der Waals surface area (Å²) in [6.07, 6.45) is 2.28. The van der Waals surface area contributed by atoms with Crippen LogP contribution in [0.5, 0.6) is 0 Å². The monoisotopic (exact) mass is 268 g/mol. The summed E-state index contributed by atoms with van der Waals surface area (Å²) in [6.45, 7) is 11.5. The largest absolute Gasteiger partial charge is 0.407 e. The molecule has 19 heavy (non-hydrogen) atoms. The molecule has 0 aliphatic carbocycles. The third-order valence-corrected chi connectivity index (χ3v) is 3.01. The van der Waals surface area contributed by atoms with E-state index in [1.807, 2.05) is 7.05 Å². The maximum absolute atomic E-state index is 5.69. The van der Waals surface area contributed by atoms with E-state index in [0.717, 1.165) is 25.9 Å². The zero-order valence-corrected chi connectivity index (χ0v) is 12.9. The molecule has 1 aromatic rings. The average Bonchev–Trinajstić information content (AvgIpc) is 2.77. The predicted molar refractivity (Wildman–Crippen MR) is 78.2 cm³/mol. The van der Waals surface area contributed by atoms with Crippen molar-refractivity contribution in [2.45, 2.75) is 47.1 Å². The molecular weight excluding hydrogens is 240 g/mol. The molecule has 110 valence electrons. The van der Waals surface area contributed by atoms with Crippen LogP contribution in [-0.2, 0) is 6.54 Å². The molecule has 0 aliphatic rings. The van der Waals surface area contributed by atoms with Gasteiger partial charge in [0.15, 0.2) is 0 Å². The lowest BCUT2D eigenvalue weighted by Gasteiger charge is -2.22. The standard InChI is InChI=1S/C14H28N4O/c1-11(2)6-8-18(9-7-12(3)4)14-17-16-13(19-14)10-15-5/h11-12,15H,6-10H2,1-5H3. The van der Waals surface area contributed by atoms with E-state index in [2.05, 4.69) is 48.1 Å². The first-order chi connectivity index (χ1) is 9.02. The number of nitrogens with one attached hydrogen (secondary N) is 1. The van der Waals surface area contributed by atoms with Crippen LogP contribution in [0.15, 0.2) is 4.42 Å². The highest BCUT2D eigenvalue weighted by molar-refractivity contribution is 5.23. The highest BCUT2D eigenvalue weighted by Gasteiger charge is 2.15. The maximum Gasteiger partial charge on any atom is 0.318 e. The Morgan fingerprint density at radius 1 is 1.05 bits per heavy atom. The summed E-state index contributed by atoms with van der Waals surface area (Å²) in [5.41, 5.74) is 0. The first-order valence-corrected chi connectivity index (χ1v) is 7.24. The lowest BCUT2D eigenvalue weighted by Crippen LogP contribution is -2.27. The van der Waals surface area contributed by atoms with Crippen LogP contribution in [-0.4, -0.2) is 30.3 Å². The molecule has 0 amide bonds. The second-order valence-corrected chi connectivity index (χ2v) is 5.86. The van der Waals surface area contributed by atoms with Crippen LogP contribution in [0.3, 0.4) is 0 Å². The van der Waals surface area contributed by atoms with Gasteiger partial charge in [0.05, 0.1) is 6.54 Å². The third kappa shape index (κ3) is 6.05. The molecule has 0 saturated heterocycles. The predicted octanol–water partition coefficient (Wildman–Crippen LogP) is 2.69. The summed E-state index contributed by atoms with van der Waals surface area (Å²) in [5.74, 6) is 2.01. The van der Waals surface area contributed by atoms with Gasteiger partial charge in [-0.1, -0.05) is 32.8 Å². The van der Waals surface area contributed by atoms with Crippen molar-refractivity contribution in [3.8, 4) is 0 Å². The Bertz CT molecular complexity index is 337. The van der Waals surface area contributed by atoms with Crippen molar-refractivity contribution in [1.82, 2.24) is 15.5 Å². The van der Waals surface area contributed by atoms with Crippen molar-refractivity contribution in [3.05, 3.63) is 5.89 Å². The molecule has 0 aliphatic heterocycles. The smallest absolute Gasteiger partial charge is 0.318 e. The minimum atomic E-state index is 0.620. The molecule has 0 aromatic carbocycles. The number of hydrogen-bond donors (Lipinski definition) is 1. The number of hydrogen-bond acceptors (Lipinski definition) is 5. The van der Waals surface area contributed by atoms with Gasteiger partial charge >= 0.3 is 6.01 Å². The summed E-state index contributed by atoms with van der Waals surface area (Å²) in [6, 6.07) is 0.659. The molecule has 5 nitrogen and oxygen atoms in total. The van der Waals surface area contributed by atoms with Gasteiger partial charge in [0.25, 0.3) is 0 Å². The summed E-state index contributed by atoms with van der Waals surface area (Å²) >= 11 is 0. The zero-order chi connectivity index (χ0) is 14.3. The maximum atomic E-state index is 5.69. The van der Waals surface area contributed by atoms with Crippen LogP contribution in [0.4, 0.5) is 6.01 Å². The van der Waals surface area contributed by atoms with E-state index in [9.17, 15) is 0 Å². The lowest BCUT2D eigenvalue weighted by molar-refractivity contribution is 0.451. The average molecular weight is 268 g/mol. The van der Waals surface area contributed by atoms with E-state index in [-0.39, 0.29) is 0 Å². The Morgan fingerprint density at radius 3 is 2.11 bits per heavy atom. The van der Waals surface area contributed by atoms with Gasteiger partial charge in [-0.05, 0) is 31.7 Å². The van der Waals surface area contributed by atoms with Crippen molar-refractivity contribution in [2.75, 3.05) is 25.0 Å². The molecule has 1 aromatic heterocycles. The number of aromatic nitrogens is 2. The third-order valence-electron chi connectivity index (χ3n) is 3.01. The van der Waals surface area contributed by atoms with Gasteiger partial charge in [0.2, 0.25) is 5.89 Å². The SMILES string of the molecule is CNCc1nnc(N(CCC(C)C)CCC(C)C)o1. The summed E-state index contributed by atoms with van der Waals surface area (Å²) in [5, 5.41) is 11.2. The Kier molecular flexibility index (Phi) is 6.84. The Labute approximate surface area is 116 Å². The van der Waals surface area contributed by atoms with Crippen molar-refractivity contribution < 1.29 is 4.42 Å². The zero-order valence-electron chi connectivity index (χ0n) is 12.9. The fourth-order valence-corrected chi connectivity index (χ4v) is 1.73. The second kappa shape index (κ2) is 8.15. The summed E-state index contributed by atoms with van der Waals surface area (Å²) in [4.78, 5) is 2.21. The second-order valence-electron chi connectivity index (χ2n) is 5.86. The minimum Gasteiger partial charge on any atom is -0.407 e. The van der Waals surface area contributed by atoms with Gasteiger partial charge in [0.1, 0.15) is 0 Å². The van der Waals surface area contributed by atoms with E-state index in [1.54, 1.807) is 0 Å². The van der Waals surface area contributed by atoms with Crippen molar-refractivity contribution in [2.24, 2.45) is 11.8 Å². The van der Waals surface area contributed by atoms with Gasteiger partial charge in [0, 0.05) is 13.1 Å². The van der Waals surface area contributed by atoms with Crippen LogP contribution < -0.4 is 10.2 Å². The Hall–Kier alpha value is -1.10. The van der Waals surface area contributed by atoms with Crippen LogP contribution in [0.25, 0.3) is 0 Å². The van der Waals surface area contributed by atoms with E-state index < -0.39 is 0 Å². The molecule has 0 saturated carbocycles. The fraction of sp³-hybridized carbons (Fsp3) is 0.857. The van der Waals surface area contributed by atoms with Gasteiger partial charge in [-0.25, -0.2) is 0 Å². The Balaban J connectivity index is 2.63. The van der Waals surface area contributed by atoms with E-state index >= 15 is 0 Å². The molecular formula is C14H28N4O. The molecule has 0 radical (unpaired) electrons. The molecule has 0 unspecified atom stereocenters. The van der Waals surface area contributed by atoms with Crippen molar-refractivity contribution >= 4 is 6.01 Å². The van der Waals surface area contributed by atoms with Crippen molar-refractivity contribution in [3.63, 3.8) is 0 Å². The number of nitrogens with zero attached hydrogens (tertiary/aromatic N) is 3. The minimum absolute atomic E-state index is 0.620. The normalized spacial score (nSPS) is 11.5. The lowest BCUT2D eigenvalue weighted by atomic mass is 10.1. The molecule has 1 rings (SSSR count). The first-order valence-electron chi connectivity index (χ1n) is 7.24. The van der Waals surface area contributed by atoms with Crippen LogP contribution >= 0.6 is 0 Å². The van der Waals surface area contributed by atoms with E-state index in [1.165, 1.54) is 0 Å². The first kappa shape index (κ1) is 16.0. The van der Waals surface area contributed by atoms with Crippen LogP contribution in [0.2, 0.25) is 0 Å².